The zero-order valence-electron chi connectivity index (χ0n) is 17.4. The number of benzene rings is 2. The van der Waals surface area contributed by atoms with Crippen molar-refractivity contribution in [1.82, 2.24) is 20.3 Å². The first-order valence-electron chi connectivity index (χ1n) is 10.6. The van der Waals surface area contributed by atoms with Crippen LogP contribution in [-0.4, -0.2) is 28.1 Å². The van der Waals surface area contributed by atoms with E-state index in [1.54, 1.807) is 0 Å². The van der Waals surface area contributed by atoms with Crippen molar-refractivity contribution in [3.8, 4) is 0 Å². The van der Waals surface area contributed by atoms with Gasteiger partial charge in [0.2, 0.25) is 0 Å². The van der Waals surface area contributed by atoms with Gasteiger partial charge in [0.05, 0.1) is 11.0 Å². The normalized spacial score (nSPS) is 11.5. The number of aromatic amines is 1. The second-order valence-corrected chi connectivity index (χ2v) is 7.47. The molecule has 4 rings (SSSR count). The van der Waals surface area contributed by atoms with Gasteiger partial charge in [0.15, 0.2) is 5.82 Å². The Kier molecular flexibility index (Phi) is 6.57. The summed E-state index contributed by atoms with van der Waals surface area (Å²) in [6, 6.07) is 16.8. The number of pyridine rings is 1. The summed E-state index contributed by atoms with van der Waals surface area (Å²) < 4.78 is 5.50. The van der Waals surface area contributed by atoms with Crippen LogP contribution in [0.25, 0.3) is 21.9 Å². The van der Waals surface area contributed by atoms with E-state index in [0.717, 1.165) is 60.1 Å². The lowest BCUT2D eigenvalue weighted by Crippen LogP contribution is -2.14. The van der Waals surface area contributed by atoms with Gasteiger partial charge in [0.1, 0.15) is 17.9 Å². The SMILES string of the molecule is CCOCc1nc2c(N)nc3cccc(CCCCNCc4ccccc4)c3c2[nH]1. The van der Waals surface area contributed by atoms with Gasteiger partial charge in [0.25, 0.3) is 0 Å². The fourth-order valence-electron chi connectivity index (χ4n) is 3.81. The van der Waals surface area contributed by atoms with E-state index in [4.69, 9.17) is 10.5 Å². The Morgan fingerprint density at radius 3 is 2.73 bits per heavy atom. The van der Waals surface area contributed by atoms with E-state index in [2.05, 4.69) is 56.7 Å². The van der Waals surface area contributed by atoms with Crippen LogP contribution in [0.3, 0.4) is 0 Å². The summed E-state index contributed by atoms with van der Waals surface area (Å²) in [7, 11) is 0. The van der Waals surface area contributed by atoms with Crippen molar-refractivity contribution in [2.24, 2.45) is 0 Å². The zero-order valence-corrected chi connectivity index (χ0v) is 17.4. The molecule has 0 saturated heterocycles. The minimum absolute atomic E-state index is 0.446. The summed E-state index contributed by atoms with van der Waals surface area (Å²) in [5, 5.41) is 4.65. The van der Waals surface area contributed by atoms with Gasteiger partial charge in [-0.15, -0.1) is 0 Å². The average Bonchev–Trinajstić information content (AvgIpc) is 3.20. The van der Waals surface area contributed by atoms with Crippen LogP contribution in [0.1, 0.15) is 36.7 Å². The van der Waals surface area contributed by atoms with Crippen LogP contribution in [0.15, 0.2) is 48.5 Å². The maximum absolute atomic E-state index is 6.17. The number of hydrogen-bond donors (Lipinski definition) is 3. The molecule has 2 heterocycles. The molecule has 4 N–H and O–H groups in total. The van der Waals surface area contributed by atoms with E-state index in [1.807, 2.05) is 19.1 Å². The number of hydrogen-bond acceptors (Lipinski definition) is 5. The molecule has 0 atom stereocenters. The third-order valence-corrected chi connectivity index (χ3v) is 5.28. The monoisotopic (exact) mass is 403 g/mol. The predicted molar refractivity (Wildman–Crippen MR) is 122 cm³/mol. The summed E-state index contributed by atoms with van der Waals surface area (Å²) in [6.07, 6.45) is 3.21. The quantitative estimate of drug-likeness (QED) is 0.343. The Hall–Kier alpha value is -2.96. The first kappa shape index (κ1) is 20.3. The van der Waals surface area contributed by atoms with Crippen LogP contribution in [0.4, 0.5) is 5.82 Å². The molecule has 4 aromatic rings. The predicted octanol–water partition coefficient (Wildman–Crippen LogP) is 4.34. The minimum atomic E-state index is 0.446. The van der Waals surface area contributed by atoms with Gasteiger partial charge >= 0.3 is 0 Å². The van der Waals surface area contributed by atoms with Gasteiger partial charge in [-0.25, -0.2) is 9.97 Å². The number of nitrogens with zero attached hydrogens (tertiary/aromatic N) is 2. The molecule has 2 aromatic carbocycles. The van der Waals surface area contributed by atoms with Gasteiger partial charge in [0, 0.05) is 18.5 Å². The molecule has 6 heteroatoms. The highest BCUT2D eigenvalue weighted by atomic mass is 16.5. The van der Waals surface area contributed by atoms with Gasteiger partial charge in [-0.2, -0.15) is 0 Å². The van der Waals surface area contributed by atoms with Gasteiger partial charge in [-0.05, 0) is 49.9 Å². The molecule has 0 saturated carbocycles. The first-order chi connectivity index (χ1) is 14.8. The molecule has 0 amide bonds. The topological polar surface area (TPSA) is 88.8 Å². The molecule has 2 aromatic heterocycles. The standard InChI is InChI=1S/C24H29N5O/c1-2-30-16-20-28-22-21-18(12-8-13-19(21)27-24(25)23(22)29-20)11-6-7-14-26-15-17-9-4-3-5-10-17/h3-5,8-10,12-13,26H,2,6-7,11,14-16H2,1H3,(H2,25,27)(H,28,29). The molecule has 0 spiro atoms. The van der Waals surface area contributed by atoms with Gasteiger partial charge < -0.3 is 20.8 Å². The minimum Gasteiger partial charge on any atom is -0.382 e. The maximum atomic E-state index is 6.17. The van der Waals surface area contributed by atoms with Crippen LogP contribution in [0, 0.1) is 0 Å². The number of imidazole rings is 1. The summed E-state index contributed by atoms with van der Waals surface area (Å²) >= 11 is 0. The van der Waals surface area contributed by atoms with Crippen molar-refractivity contribution in [2.45, 2.75) is 39.3 Å². The van der Waals surface area contributed by atoms with Crippen LogP contribution in [0.2, 0.25) is 0 Å². The smallest absolute Gasteiger partial charge is 0.152 e. The molecule has 156 valence electrons. The van der Waals surface area contributed by atoms with Crippen molar-refractivity contribution in [3.63, 3.8) is 0 Å². The van der Waals surface area contributed by atoms with Crippen LogP contribution in [0.5, 0.6) is 0 Å². The molecular formula is C24H29N5O. The number of aryl methyl sites for hydroxylation is 1. The highest BCUT2D eigenvalue weighted by Crippen LogP contribution is 2.29. The Balaban J connectivity index is 1.45. The van der Waals surface area contributed by atoms with E-state index >= 15 is 0 Å². The average molecular weight is 404 g/mol. The number of nitrogen functional groups attached to an aromatic ring is 1. The second-order valence-electron chi connectivity index (χ2n) is 7.47. The molecule has 30 heavy (non-hydrogen) atoms. The number of aromatic nitrogens is 3. The van der Waals surface area contributed by atoms with Crippen LogP contribution < -0.4 is 11.1 Å². The zero-order chi connectivity index (χ0) is 20.8. The highest BCUT2D eigenvalue weighted by molar-refractivity contribution is 6.07. The van der Waals surface area contributed by atoms with E-state index in [1.165, 1.54) is 11.1 Å². The molecule has 0 aliphatic carbocycles. The van der Waals surface area contributed by atoms with Crippen molar-refractivity contribution in [2.75, 3.05) is 18.9 Å². The molecule has 0 aliphatic heterocycles. The molecule has 0 aliphatic rings. The number of H-pyrrole nitrogens is 1. The largest absolute Gasteiger partial charge is 0.382 e. The Morgan fingerprint density at radius 1 is 1.03 bits per heavy atom. The van der Waals surface area contributed by atoms with Crippen molar-refractivity contribution >= 4 is 27.8 Å². The third-order valence-electron chi connectivity index (χ3n) is 5.28. The number of fused-ring (bicyclic) bond motifs is 3. The lowest BCUT2D eigenvalue weighted by molar-refractivity contribution is 0.129. The summed E-state index contributed by atoms with van der Waals surface area (Å²) in [5.41, 5.74) is 11.4. The number of rotatable bonds is 10. The Bertz CT molecular complexity index is 1110. The maximum Gasteiger partial charge on any atom is 0.152 e. The van der Waals surface area contributed by atoms with Crippen LogP contribution in [-0.2, 0) is 24.3 Å². The fourth-order valence-corrected chi connectivity index (χ4v) is 3.81. The van der Waals surface area contributed by atoms with E-state index in [-0.39, 0.29) is 0 Å². The number of nitrogens with two attached hydrogens (primary N) is 1. The Morgan fingerprint density at radius 2 is 1.90 bits per heavy atom. The molecule has 6 nitrogen and oxygen atoms in total. The molecular weight excluding hydrogens is 374 g/mol. The number of unbranched alkanes of at least 4 members (excludes halogenated alkanes) is 1. The van der Waals surface area contributed by atoms with Crippen molar-refractivity contribution in [3.05, 3.63) is 65.5 Å². The molecule has 0 radical (unpaired) electrons. The van der Waals surface area contributed by atoms with E-state index in [9.17, 15) is 0 Å². The van der Waals surface area contributed by atoms with Crippen LogP contribution >= 0.6 is 0 Å². The highest BCUT2D eigenvalue weighted by Gasteiger charge is 2.14. The second kappa shape index (κ2) is 9.69. The number of anilines is 1. The van der Waals surface area contributed by atoms with E-state index in [0.29, 0.717) is 19.0 Å². The van der Waals surface area contributed by atoms with E-state index < -0.39 is 0 Å². The van der Waals surface area contributed by atoms with Gasteiger partial charge in [-0.3, -0.25) is 0 Å². The van der Waals surface area contributed by atoms with Crippen molar-refractivity contribution in [1.29, 1.82) is 0 Å². The summed E-state index contributed by atoms with van der Waals surface area (Å²) in [6.45, 7) is 4.98. The molecule has 0 bridgehead atoms. The third kappa shape index (κ3) is 4.61. The molecule has 0 fully saturated rings. The molecule has 0 unspecified atom stereocenters. The van der Waals surface area contributed by atoms with Crippen molar-refractivity contribution < 1.29 is 4.74 Å². The number of nitrogens with one attached hydrogen (secondary N) is 2. The summed E-state index contributed by atoms with van der Waals surface area (Å²) in [5.74, 6) is 1.24. The Labute approximate surface area is 176 Å². The number of ether oxygens (including phenoxy) is 1. The lowest BCUT2D eigenvalue weighted by atomic mass is 10.0. The summed E-state index contributed by atoms with van der Waals surface area (Å²) in [4.78, 5) is 12.6. The van der Waals surface area contributed by atoms with Gasteiger partial charge in [-0.1, -0.05) is 42.5 Å². The lowest BCUT2D eigenvalue weighted by Gasteiger charge is -2.09. The fraction of sp³-hybridized carbons (Fsp3) is 0.333. The first-order valence-corrected chi connectivity index (χ1v) is 10.6.